The van der Waals surface area contributed by atoms with Gasteiger partial charge in [0.15, 0.2) is 0 Å². The van der Waals surface area contributed by atoms with E-state index in [-0.39, 0.29) is 5.91 Å². The second-order valence-corrected chi connectivity index (χ2v) is 5.90. The third-order valence-electron chi connectivity index (χ3n) is 4.36. The molecule has 0 unspecified atom stereocenters. The summed E-state index contributed by atoms with van der Waals surface area (Å²) in [5.41, 5.74) is 1.61. The molecule has 0 aliphatic heterocycles. The highest BCUT2D eigenvalue weighted by atomic mass is 16.2. The predicted octanol–water partition coefficient (Wildman–Crippen LogP) is 3.14. The van der Waals surface area contributed by atoms with Crippen LogP contribution in [0.25, 0.3) is 0 Å². The van der Waals surface area contributed by atoms with Gasteiger partial charge in [0, 0.05) is 13.1 Å². The van der Waals surface area contributed by atoms with Crippen LogP contribution in [0.1, 0.15) is 43.7 Å². The molecule has 1 saturated carbocycles. The molecule has 106 valence electrons. The second-order valence-electron chi connectivity index (χ2n) is 5.90. The molecule has 0 heterocycles. The summed E-state index contributed by atoms with van der Waals surface area (Å²) in [5, 5.41) is 8.77. The van der Waals surface area contributed by atoms with Gasteiger partial charge in [-0.2, -0.15) is 5.26 Å². The van der Waals surface area contributed by atoms with Crippen LogP contribution in [-0.4, -0.2) is 23.9 Å². The SMILES string of the molecule is CC1CCC(N(C)C(=O)Cc2ccc(C#N)cc2)CC1. The third-order valence-corrected chi connectivity index (χ3v) is 4.36. The molecular formula is C17H22N2O. The molecule has 1 amide bonds. The molecule has 1 aliphatic rings. The van der Waals surface area contributed by atoms with Gasteiger partial charge in [-0.1, -0.05) is 19.1 Å². The van der Waals surface area contributed by atoms with Crippen LogP contribution < -0.4 is 0 Å². The number of likely N-dealkylation sites (N-methyl/N-ethyl adjacent to an activating group) is 1. The molecule has 0 N–H and O–H groups in total. The Kier molecular flexibility index (Phi) is 4.79. The Morgan fingerprint density at radius 1 is 1.25 bits per heavy atom. The summed E-state index contributed by atoms with van der Waals surface area (Å²) in [6, 6.07) is 9.76. The van der Waals surface area contributed by atoms with Crippen molar-refractivity contribution in [2.24, 2.45) is 5.92 Å². The first-order chi connectivity index (χ1) is 9.60. The lowest BCUT2D eigenvalue weighted by Crippen LogP contribution is -2.40. The van der Waals surface area contributed by atoms with Crippen LogP contribution in [0.4, 0.5) is 0 Å². The summed E-state index contributed by atoms with van der Waals surface area (Å²) < 4.78 is 0. The monoisotopic (exact) mass is 270 g/mol. The van der Waals surface area contributed by atoms with Crippen LogP contribution in [0.2, 0.25) is 0 Å². The zero-order valence-electron chi connectivity index (χ0n) is 12.3. The Morgan fingerprint density at radius 2 is 1.85 bits per heavy atom. The number of nitrogens with zero attached hydrogens (tertiary/aromatic N) is 2. The summed E-state index contributed by atoms with van der Waals surface area (Å²) in [4.78, 5) is 14.2. The Morgan fingerprint density at radius 3 is 2.40 bits per heavy atom. The van der Waals surface area contributed by atoms with E-state index < -0.39 is 0 Å². The van der Waals surface area contributed by atoms with Gasteiger partial charge in [-0.15, -0.1) is 0 Å². The number of rotatable bonds is 3. The van der Waals surface area contributed by atoms with E-state index in [4.69, 9.17) is 5.26 Å². The van der Waals surface area contributed by atoms with Gasteiger partial charge in [0.1, 0.15) is 0 Å². The highest BCUT2D eigenvalue weighted by molar-refractivity contribution is 5.78. The maximum Gasteiger partial charge on any atom is 0.226 e. The molecule has 1 aliphatic carbocycles. The normalized spacial score (nSPS) is 22.1. The van der Waals surface area contributed by atoms with E-state index in [1.165, 1.54) is 12.8 Å². The summed E-state index contributed by atoms with van der Waals surface area (Å²) >= 11 is 0. The molecule has 0 saturated heterocycles. The Balaban J connectivity index is 1.91. The van der Waals surface area contributed by atoms with Crippen LogP contribution in [0.5, 0.6) is 0 Å². The molecule has 20 heavy (non-hydrogen) atoms. The lowest BCUT2D eigenvalue weighted by Gasteiger charge is -2.33. The minimum atomic E-state index is 0.175. The maximum absolute atomic E-state index is 12.3. The van der Waals surface area contributed by atoms with E-state index in [9.17, 15) is 4.79 Å². The first kappa shape index (κ1) is 14.6. The molecule has 3 nitrogen and oxygen atoms in total. The van der Waals surface area contributed by atoms with Crippen molar-refractivity contribution < 1.29 is 4.79 Å². The molecule has 1 aromatic rings. The molecule has 1 aromatic carbocycles. The number of carbonyl (C=O) groups excluding carboxylic acids is 1. The fourth-order valence-corrected chi connectivity index (χ4v) is 2.83. The van der Waals surface area contributed by atoms with Crippen LogP contribution in [0, 0.1) is 17.2 Å². The molecule has 0 spiro atoms. The minimum Gasteiger partial charge on any atom is -0.342 e. The van der Waals surface area contributed by atoms with Gasteiger partial charge < -0.3 is 4.90 Å². The Hall–Kier alpha value is -1.82. The summed E-state index contributed by atoms with van der Waals surface area (Å²) in [6.45, 7) is 2.29. The van der Waals surface area contributed by atoms with Crippen LogP contribution >= 0.6 is 0 Å². The molecule has 0 atom stereocenters. The molecule has 3 heteroatoms. The van der Waals surface area contributed by atoms with E-state index in [1.807, 2.05) is 24.1 Å². The van der Waals surface area contributed by atoms with E-state index in [0.29, 0.717) is 18.0 Å². The third kappa shape index (κ3) is 3.60. The van der Waals surface area contributed by atoms with Crippen molar-refractivity contribution >= 4 is 5.91 Å². The average Bonchev–Trinajstić information content (AvgIpc) is 2.48. The largest absolute Gasteiger partial charge is 0.342 e. The average molecular weight is 270 g/mol. The summed E-state index contributed by atoms with van der Waals surface area (Å²) in [5.74, 6) is 0.975. The van der Waals surface area contributed by atoms with Gasteiger partial charge >= 0.3 is 0 Å². The Bertz CT molecular complexity index is 493. The van der Waals surface area contributed by atoms with Crippen LogP contribution in [-0.2, 0) is 11.2 Å². The highest BCUT2D eigenvalue weighted by Crippen LogP contribution is 2.26. The molecule has 0 aromatic heterocycles. The quantitative estimate of drug-likeness (QED) is 0.847. The summed E-state index contributed by atoms with van der Waals surface area (Å²) in [6.07, 6.45) is 5.11. The van der Waals surface area contributed by atoms with Gasteiger partial charge in [0.2, 0.25) is 5.91 Å². The van der Waals surface area contributed by atoms with Gasteiger partial charge in [-0.25, -0.2) is 0 Å². The van der Waals surface area contributed by atoms with Crippen molar-refractivity contribution in [2.45, 2.75) is 45.1 Å². The molecule has 0 bridgehead atoms. The number of hydrogen-bond donors (Lipinski definition) is 0. The standard InChI is InChI=1S/C17H22N2O/c1-13-3-9-16(10-4-13)19(2)17(20)11-14-5-7-15(12-18)8-6-14/h5-8,13,16H,3-4,9-11H2,1-2H3. The fraction of sp³-hybridized carbons (Fsp3) is 0.529. The number of hydrogen-bond acceptors (Lipinski definition) is 2. The van der Waals surface area contributed by atoms with Gasteiger partial charge in [-0.3, -0.25) is 4.79 Å². The van der Waals surface area contributed by atoms with E-state index in [1.54, 1.807) is 12.1 Å². The summed E-state index contributed by atoms with van der Waals surface area (Å²) in [7, 11) is 1.92. The number of amides is 1. The number of nitriles is 1. The first-order valence-electron chi connectivity index (χ1n) is 7.35. The lowest BCUT2D eigenvalue weighted by molar-refractivity contribution is -0.132. The topological polar surface area (TPSA) is 44.1 Å². The maximum atomic E-state index is 12.3. The van der Waals surface area contributed by atoms with E-state index in [0.717, 1.165) is 24.3 Å². The number of benzene rings is 1. The van der Waals surface area contributed by atoms with Crippen molar-refractivity contribution in [1.82, 2.24) is 4.90 Å². The lowest BCUT2D eigenvalue weighted by atomic mass is 9.86. The van der Waals surface area contributed by atoms with Gasteiger partial charge in [0.25, 0.3) is 0 Å². The zero-order chi connectivity index (χ0) is 14.5. The van der Waals surface area contributed by atoms with Crippen molar-refractivity contribution in [3.63, 3.8) is 0 Å². The highest BCUT2D eigenvalue weighted by Gasteiger charge is 2.24. The van der Waals surface area contributed by atoms with Crippen molar-refractivity contribution in [2.75, 3.05) is 7.05 Å². The smallest absolute Gasteiger partial charge is 0.226 e. The molecular weight excluding hydrogens is 248 g/mol. The van der Waals surface area contributed by atoms with Crippen molar-refractivity contribution in [1.29, 1.82) is 5.26 Å². The van der Waals surface area contributed by atoms with E-state index >= 15 is 0 Å². The second kappa shape index (κ2) is 6.56. The van der Waals surface area contributed by atoms with Gasteiger partial charge in [-0.05, 0) is 49.3 Å². The molecule has 1 fully saturated rings. The fourth-order valence-electron chi connectivity index (χ4n) is 2.83. The van der Waals surface area contributed by atoms with Crippen molar-refractivity contribution in [3.05, 3.63) is 35.4 Å². The minimum absolute atomic E-state index is 0.175. The van der Waals surface area contributed by atoms with Crippen LogP contribution in [0.3, 0.4) is 0 Å². The van der Waals surface area contributed by atoms with Crippen molar-refractivity contribution in [3.8, 4) is 6.07 Å². The Labute approximate surface area is 121 Å². The zero-order valence-corrected chi connectivity index (χ0v) is 12.3. The predicted molar refractivity (Wildman–Crippen MR) is 79.1 cm³/mol. The first-order valence-corrected chi connectivity index (χ1v) is 7.35. The molecule has 2 rings (SSSR count). The van der Waals surface area contributed by atoms with E-state index in [2.05, 4.69) is 13.0 Å². The molecule has 0 radical (unpaired) electrons. The van der Waals surface area contributed by atoms with Gasteiger partial charge in [0.05, 0.1) is 18.1 Å². The van der Waals surface area contributed by atoms with Crippen LogP contribution in [0.15, 0.2) is 24.3 Å². The number of carbonyl (C=O) groups is 1.